The fourth-order valence-corrected chi connectivity index (χ4v) is 2.11. The maximum atomic E-state index is 12.6. The minimum atomic E-state index is -0.731. The lowest BCUT2D eigenvalue weighted by molar-refractivity contribution is -0.119. The summed E-state index contributed by atoms with van der Waals surface area (Å²) in [6, 6.07) is 19.9. The third kappa shape index (κ3) is 3.68. The van der Waals surface area contributed by atoms with Crippen LogP contribution in [-0.4, -0.2) is 12.5 Å². The molecule has 0 spiro atoms. The third-order valence-electron chi connectivity index (χ3n) is 3.21. The molecule has 0 unspecified atom stereocenters. The molecule has 2 N–H and O–H groups in total. The molecule has 4 nitrogen and oxygen atoms in total. The zero-order valence-corrected chi connectivity index (χ0v) is 11.6. The lowest BCUT2D eigenvalue weighted by Crippen LogP contribution is -2.39. The van der Waals surface area contributed by atoms with Gasteiger partial charge in [0.1, 0.15) is 6.04 Å². The molecule has 0 heterocycles. The molecule has 0 saturated carbocycles. The number of nitriles is 1. The summed E-state index contributed by atoms with van der Waals surface area (Å²) in [7, 11) is 0. The Balaban J connectivity index is 2.24. The van der Waals surface area contributed by atoms with Gasteiger partial charge in [-0.3, -0.25) is 4.79 Å². The van der Waals surface area contributed by atoms with Gasteiger partial charge in [0, 0.05) is 12.2 Å². The molecule has 1 amide bonds. The molecule has 0 saturated heterocycles. The number of nitrogens with zero attached hydrogens (tertiary/aromatic N) is 2. The Labute approximate surface area is 124 Å². The maximum Gasteiger partial charge on any atom is 0.248 e. The molecule has 1 atom stereocenters. The number of amides is 1. The van der Waals surface area contributed by atoms with Crippen molar-refractivity contribution in [2.24, 2.45) is 5.73 Å². The first-order valence-corrected chi connectivity index (χ1v) is 6.78. The van der Waals surface area contributed by atoms with Crippen LogP contribution in [0.25, 0.3) is 0 Å². The van der Waals surface area contributed by atoms with Crippen LogP contribution in [-0.2, 0) is 4.79 Å². The first kappa shape index (κ1) is 14.8. The SMILES string of the molecule is N#CCCN(C(=O)[C@H](N)c1ccccc1)c1ccccc1. The molecule has 0 aliphatic heterocycles. The molecule has 0 fully saturated rings. The van der Waals surface area contributed by atoms with E-state index in [0.717, 1.165) is 11.3 Å². The van der Waals surface area contributed by atoms with E-state index in [4.69, 9.17) is 11.0 Å². The van der Waals surface area contributed by atoms with E-state index in [1.54, 1.807) is 4.90 Å². The van der Waals surface area contributed by atoms with Crippen molar-refractivity contribution in [1.82, 2.24) is 0 Å². The van der Waals surface area contributed by atoms with E-state index in [1.807, 2.05) is 60.7 Å². The van der Waals surface area contributed by atoms with E-state index in [2.05, 4.69) is 6.07 Å². The summed E-state index contributed by atoms with van der Waals surface area (Å²) in [5.74, 6) is -0.206. The van der Waals surface area contributed by atoms with Crippen LogP contribution < -0.4 is 10.6 Å². The van der Waals surface area contributed by atoms with Gasteiger partial charge in [0.2, 0.25) is 5.91 Å². The second-order valence-electron chi connectivity index (χ2n) is 4.62. The topological polar surface area (TPSA) is 70.1 Å². The molecular weight excluding hydrogens is 262 g/mol. The molecule has 106 valence electrons. The molecule has 0 radical (unpaired) electrons. The van der Waals surface area contributed by atoms with E-state index in [9.17, 15) is 4.79 Å². The van der Waals surface area contributed by atoms with Gasteiger partial charge in [-0.05, 0) is 17.7 Å². The van der Waals surface area contributed by atoms with Crippen molar-refractivity contribution >= 4 is 11.6 Å². The average Bonchev–Trinajstić information content (AvgIpc) is 2.56. The quantitative estimate of drug-likeness (QED) is 0.914. The summed E-state index contributed by atoms with van der Waals surface area (Å²) in [5.41, 5.74) is 7.59. The van der Waals surface area contributed by atoms with Gasteiger partial charge < -0.3 is 10.6 Å². The van der Waals surface area contributed by atoms with Gasteiger partial charge in [-0.2, -0.15) is 5.26 Å². The number of benzene rings is 2. The number of anilines is 1. The lowest BCUT2D eigenvalue weighted by Gasteiger charge is -2.25. The molecule has 4 heteroatoms. The number of carbonyl (C=O) groups excluding carboxylic acids is 1. The Morgan fingerprint density at radius 3 is 2.24 bits per heavy atom. The van der Waals surface area contributed by atoms with Crippen molar-refractivity contribution in [3.8, 4) is 6.07 Å². The summed E-state index contributed by atoms with van der Waals surface area (Å²) in [5, 5.41) is 8.78. The molecule has 0 aliphatic carbocycles. The van der Waals surface area contributed by atoms with Gasteiger partial charge in [0.25, 0.3) is 0 Å². The van der Waals surface area contributed by atoms with E-state index < -0.39 is 6.04 Å². The molecule has 21 heavy (non-hydrogen) atoms. The molecule has 0 aromatic heterocycles. The number of hydrogen-bond acceptors (Lipinski definition) is 3. The first-order valence-electron chi connectivity index (χ1n) is 6.78. The molecule has 2 rings (SSSR count). The fraction of sp³-hybridized carbons (Fsp3) is 0.176. The van der Waals surface area contributed by atoms with Crippen LogP contribution in [0.4, 0.5) is 5.69 Å². The van der Waals surface area contributed by atoms with Crippen molar-refractivity contribution in [1.29, 1.82) is 5.26 Å². The largest absolute Gasteiger partial charge is 0.316 e. The Kier molecular flexibility index (Phi) is 5.08. The van der Waals surface area contributed by atoms with E-state index in [-0.39, 0.29) is 12.3 Å². The highest BCUT2D eigenvalue weighted by Gasteiger charge is 2.23. The number of carbonyl (C=O) groups is 1. The molecule has 0 aliphatic rings. The van der Waals surface area contributed by atoms with Gasteiger partial charge in [-0.1, -0.05) is 48.5 Å². The van der Waals surface area contributed by atoms with Crippen LogP contribution in [0.15, 0.2) is 60.7 Å². The second kappa shape index (κ2) is 7.22. The maximum absolute atomic E-state index is 12.6. The van der Waals surface area contributed by atoms with E-state index in [1.165, 1.54) is 0 Å². The van der Waals surface area contributed by atoms with Crippen LogP contribution in [0.2, 0.25) is 0 Å². The number of hydrogen-bond donors (Lipinski definition) is 1. The van der Waals surface area contributed by atoms with Crippen LogP contribution in [0.5, 0.6) is 0 Å². The highest BCUT2D eigenvalue weighted by molar-refractivity contribution is 5.97. The average molecular weight is 279 g/mol. The number of rotatable bonds is 5. The highest BCUT2D eigenvalue weighted by Crippen LogP contribution is 2.19. The number of nitrogens with two attached hydrogens (primary N) is 1. The fourth-order valence-electron chi connectivity index (χ4n) is 2.11. The van der Waals surface area contributed by atoms with Gasteiger partial charge >= 0.3 is 0 Å². The Morgan fingerprint density at radius 2 is 1.67 bits per heavy atom. The lowest BCUT2D eigenvalue weighted by atomic mass is 10.1. The number of para-hydroxylation sites is 1. The Hall–Kier alpha value is -2.64. The van der Waals surface area contributed by atoms with Crippen LogP contribution in [0.3, 0.4) is 0 Å². The zero-order chi connectivity index (χ0) is 15.1. The van der Waals surface area contributed by atoms with Crippen molar-refractivity contribution < 1.29 is 4.79 Å². The van der Waals surface area contributed by atoms with Gasteiger partial charge in [-0.15, -0.1) is 0 Å². The standard InChI is InChI=1S/C17H17N3O/c18-12-7-13-20(15-10-5-2-6-11-15)17(21)16(19)14-8-3-1-4-9-14/h1-6,8-11,16H,7,13,19H2/t16-/m1/s1. The minimum absolute atomic E-state index is 0.206. The summed E-state index contributed by atoms with van der Waals surface area (Å²) in [6.07, 6.45) is 0.266. The van der Waals surface area contributed by atoms with Crippen molar-refractivity contribution in [3.05, 3.63) is 66.2 Å². The van der Waals surface area contributed by atoms with Gasteiger partial charge in [0.15, 0.2) is 0 Å². The van der Waals surface area contributed by atoms with Gasteiger partial charge in [-0.25, -0.2) is 0 Å². The van der Waals surface area contributed by atoms with Crippen molar-refractivity contribution in [2.75, 3.05) is 11.4 Å². The predicted molar refractivity (Wildman–Crippen MR) is 82.4 cm³/mol. The Bertz CT molecular complexity index is 619. The van der Waals surface area contributed by atoms with Crippen molar-refractivity contribution in [3.63, 3.8) is 0 Å². The molecule has 0 bridgehead atoms. The summed E-state index contributed by atoms with van der Waals surface area (Å²) < 4.78 is 0. The summed E-state index contributed by atoms with van der Waals surface area (Å²) in [6.45, 7) is 0.333. The van der Waals surface area contributed by atoms with E-state index >= 15 is 0 Å². The van der Waals surface area contributed by atoms with E-state index in [0.29, 0.717) is 6.54 Å². The summed E-state index contributed by atoms with van der Waals surface area (Å²) >= 11 is 0. The molecular formula is C17H17N3O. The third-order valence-corrected chi connectivity index (χ3v) is 3.21. The smallest absolute Gasteiger partial charge is 0.248 e. The first-order chi connectivity index (χ1) is 10.2. The van der Waals surface area contributed by atoms with Crippen LogP contribution in [0, 0.1) is 11.3 Å². The molecule has 2 aromatic carbocycles. The van der Waals surface area contributed by atoms with Crippen LogP contribution >= 0.6 is 0 Å². The Morgan fingerprint density at radius 1 is 1.10 bits per heavy atom. The second-order valence-corrected chi connectivity index (χ2v) is 4.62. The zero-order valence-electron chi connectivity index (χ0n) is 11.6. The minimum Gasteiger partial charge on any atom is -0.316 e. The monoisotopic (exact) mass is 279 g/mol. The normalized spacial score (nSPS) is 11.4. The van der Waals surface area contributed by atoms with Gasteiger partial charge in [0.05, 0.1) is 12.5 Å². The molecule has 2 aromatic rings. The van der Waals surface area contributed by atoms with Crippen molar-refractivity contribution in [2.45, 2.75) is 12.5 Å². The highest BCUT2D eigenvalue weighted by atomic mass is 16.2. The van der Waals surface area contributed by atoms with Crippen LogP contribution in [0.1, 0.15) is 18.0 Å². The summed E-state index contributed by atoms with van der Waals surface area (Å²) in [4.78, 5) is 14.2. The predicted octanol–water partition coefficient (Wildman–Crippen LogP) is 2.63.